The largest absolute Gasteiger partial charge is 0.501 e. The van der Waals surface area contributed by atoms with Gasteiger partial charge in [0.1, 0.15) is 17.3 Å². The van der Waals surface area contributed by atoms with E-state index in [4.69, 9.17) is 16.3 Å². The number of anilines is 2. The second-order valence-corrected chi connectivity index (χ2v) is 24.4. The number of halogens is 4. The first kappa shape index (κ1) is 48.7. The van der Waals surface area contributed by atoms with Crippen LogP contribution in [-0.2, 0) is 19.9 Å². The number of thioether (sulfide) groups is 1. The quantitative estimate of drug-likeness (QED) is 0.0988. The van der Waals surface area contributed by atoms with E-state index >= 15 is 0 Å². The lowest BCUT2D eigenvalue weighted by atomic mass is 9.72. The zero-order valence-electron chi connectivity index (χ0n) is 37.9. The van der Waals surface area contributed by atoms with Crippen LogP contribution in [0, 0.1) is 5.41 Å². The number of amides is 1. The van der Waals surface area contributed by atoms with Crippen LogP contribution < -0.4 is 25.0 Å². The van der Waals surface area contributed by atoms with Gasteiger partial charge in [-0.2, -0.15) is 13.2 Å². The summed E-state index contributed by atoms with van der Waals surface area (Å²) in [5.74, 6) is -0.282. The van der Waals surface area contributed by atoms with Gasteiger partial charge in [0.05, 0.1) is 22.3 Å². The molecule has 3 saturated heterocycles. The van der Waals surface area contributed by atoms with Crippen molar-refractivity contribution in [3.63, 3.8) is 0 Å². The van der Waals surface area contributed by atoms with E-state index in [0.29, 0.717) is 60.8 Å². The van der Waals surface area contributed by atoms with Gasteiger partial charge >= 0.3 is 5.51 Å². The highest BCUT2D eigenvalue weighted by Crippen LogP contribution is 2.44. The molecule has 4 aromatic carbocycles. The molecule has 68 heavy (non-hydrogen) atoms. The van der Waals surface area contributed by atoms with Gasteiger partial charge in [-0.05, 0) is 109 Å². The lowest BCUT2D eigenvalue weighted by molar-refractivity contribution is -0.0435. The number of fused-ring (bicyclic) bond motifs is 5. The van der Waals surface area contributed by atoms with E-state index in [0.717, 1.165) is 81.1 Å². The molecule has 1 aliphatic carbocycles. The molecular formula is C49H56ClF3N6O6S3. The van der Waals surface area contributed by atoms with E-state index in [9.17, 15) is 34.8 Å². The number of alkyl halides is 3. The summed E-state index contributed by atoms with van der Waals surface area (Å²) in [5, 5.41) is 7.20. The number of hydrogen-bond donors (Lipinski definition) is 3. The molecule has 5 aliphatic rings. The van der Waals surface area contributed by atoms with Crippen LogP contribution >= 0.6 is 23.4 Å². The predicted molar refractivity (Wildman–Crippen MR) is 261 cm³/mol. The summed E-state index contributed by atoms with van der Waals surface area (Å²) in [5.41, 5.74) is -1.22. The molecule has 0 radical (unpaired) electrons. The van der Waals surface area contributed by atoms with E-state index < -0.39 is 47.1 Å². The molecule has 0 aromatic heterocycles. The Morgan fingerprint density at radius 2 is 1.75 bits per heavy atom. The fraction of sp³-hybridized carbons (Fsp3) is 0.449. The van der Waals surface area contributed by atoms with Crippen LogP contribution in [0.5, 0.6) is 5.75 Å². The number of rotatable bonds is 15. The highest BCUT2D eigenvalue weighted by molar-refractivity contribution is 7.99. The molecule has 0 saturated carbocycles. The predicted octanol–water partition coefficient (Wildman–Crippen LogP) is 8.31. The van der Waals surface area contributed by atoms with Crippen molar-refractivity contribution in [1.82, 2.24) is 19.8 Å². The third kappa shape index (κ3) is 10.7. The summed E-state index contributed by atoms with van der Waals surface area (Å²) in [6.45, 7) is 10.4. The van der Waals surface area contributed by atoms with Crippen LogP contribution in [0.3, 0.4) is 0 Å². The average Bonchev–Trinajstić information content (AvgIpc) is 3.94. The Balaban J connectivity index is 0.892. The minimum atomic E-state index is -6.07. The average molecular weight is 1010 g/mol. The third-order valence-electron chi connectivity index (χ3n) is 13.9. The Hall–Kier alpha value is -4.30. The zero-order chi connectivity index (χ0) is 48.0. The van der Waals surface area contributed by atoms with Gasteiger partial charge in [0.2, 0.25) is 0 Å². The Kier molecular flexibility index (Phi) is 14.0. The molecule has 0 spiro atoms. The van der Waals surface area contributed by atoms with Crippen LogP contribution in [-0.4, -0.2) is 120 Å². The zero-order valence-corrected chi connectivity index (χ0v) is 41.1. The fourth-order valence-corrected chi connectivity index (χ4v) is 13.4. The van der Waals surface area contributed by atoms with Gasteiger partial charge in [0, 0.05) is 85.2 Å². The molecule has 1 amide bonds. The number of piperazine rings is 2. The first-order chi connectivity index (χ1) is 32.3. The number of allylic oxidation sites excluding steroid dienone is 1. The highest BCUT2D eigenvalue weighted by Gasteiger charge is 2.49. The van der Waals surface area contributed by atoms with E-state index in [-0.39, 0.29) is 22.7 Å². The Bertz CT molecular complexity index is 2780. The third-order valence-corrected chi connectivity index (χ3v) is 18.2. The van der Waals surface area contributed by atoms with Gasteiger partial charge in [-0.3, -0.25) is 14.6 Å². The van der Waals surface area contributed by atoms with Crippen molar-refractivity contribution >= 4 is 66.1 Å². The molecule has 9 rings (SSSR count). The van der Waals surface area contributed by atoms with Gasteiger partial charge in [-0.15, -0.1) is 11.8 Å². The van der Waals surface area contributed by atoms with Crippen molar-refractivity contribution in [3.8, 4) is 5.75 Å². The van der Waals surface area contributed by atoms with Gasteiger partial charge in [-0.25, -0.2) is 21.6 Å². The summed E-state index contributed by atoms with van der Waals surface area (Å²) in [6, 6.07) is 24.9. The Labute approximate surface area is 406 Å². The second-order valence-electron chi connectivity index (χ2n) is 19.3. The monoisotopic (exact) mass is 1010 g/mol. The number of ether oxygens (including phenoxy) is 1. The van der Waals surface area contributed by atoms with Crippen molar-refractivity contribution in [2.24, 2.45) is 5.41 Å². The van der Waals surface area contributed by atoms with Crippen molar-refractivity contribution < 1.29 is 39.5 Å². The molecule has 0 unspecified atom stereocenters. The Morgan fingerprint density at radius 3 is 2.47 bits per heavy atom. The lowest BCUT2D eigenvalue weighted by Crippen LogP contribution is -2.57. The maximum Gasteiger partial charge on any atom is 0.501 e. The maximum absolute atomic E-state index is 14.3. The molecule has 4 heterocycles. The summed E-state index contributed by atoms with van der Waals surface area (Å²) in [7, 11) is -11.0. The van der Waals surface area contributed by atoms with Crippen LogP contribution in [0.1, 0.15) is 61.9 Å². The molecule has 4 aromatic rings. The molecular weight excluding hydrogens is 957 g/mol. The highest BCUT2D eigenvalue weighted by atomic mass is 35.5. The van der Waals surface area contributed by atoms with E-state index in [1.165, 1.54) is 40.6 Å². The van der Waals surface area contributed by atoms with Gasteiger partial charge in [0.15, 0.2) is 0 Å². The summed E-state index contributed by atoms with van der Waals surface area (Å²) in [6.07, 6.45) is 4.60. The fourth-order valence-electron chi connectivity index (χ4n) is 10.3. The summed E-state index contributed by atoms with van der Waals surface area (Å²) in [4.78, 5) is 19.5. The second kappa shape index (κ2) is 19.5. The van der Waals surface area contributed by atoms with E-state index in [1.807, 2.05) is 47.2 Å². The number of sulfonamides is 1. The Morgan fingerprint density at radius 1 is 0.971 bits per heavy atom. The van der Waals surface area contributed by atoms with E-state index in [1.54, 1.807) is 6.07 Å². The van der Waals surface area contributed by atoms with Gasteiger partial charge in [0.25, 0.3) is 25.8 Å². The van der Waals surface area contributed by atoms with Crippen molar-refractivity contribution in [1.29, 1.82) is 0 Å². The number of benzene rings is 4. The lowest BCUT2D eigenvalue weighted by Gasteiger charge is -2.46. The van der Waals surface area contributed by atoms with Gasteiger partial charge < -0.3 is 20.3 Å². The molecule has 4 atom stereocenters. The number of sulfone groups is 1. The SMILES string of the molecule is CC1(C)CCC(c2ccc(Cl)cc2)=C(CN2CCN3c4ccc(C(=O)NS(=O)(=O)c5ccc(N[C@H](CCN6C[C@@H]7C[C@H]6CN7)CSc6ccccc6)c(S(=O)(=O)C(F)(F)F)c5)cc4OC[C@@H]3C2)C1. The maximum atomic E-state index is 14.3. The topological polar surface area (TPSA) is 140 Å². The number of hydrogen-bond acceptors (Lipinski definition) is 12. The minimum absolute atomic E-state index is 0.0303. The molecule has 3 N–H and O–H groups in total. The van der Waals surface area contributed by atoms with Crippen molar-refractivity contribution in [3.05, 3.63) is 113 Å². The summed E-state index contributed by atoms with van der Waals surface area (Å²) < 4.78 is 105. The van der Waals surface area contributed by atoms with Gasteiger partial charge in [-0.1, -0.05) is 61.4 Å². The number of carbonyl (C=O) groups is 1. The number of likely N-dealkylation sites (tertiary alicyclic amines) is 1. The van der Waals surface area contributed by atoms with Crippen LogP contribution in [0.4, 0.5) is 24.5 Å². The summed E-state index contributed by atoms with van der Waals surface area (Å²) >= 11 is 7.69. The molecule has 3 fully saturated rings. The normalized spacial score (nSPS) is 22.3. The van der Waals surface area contributed by atoms with E-state index in [2.05, 4.69) is 51.3 Å². The standard InChI is InChI=1S/C49H56ClF3N6O6S3/c1-48(2)18-16-42(32-8-11-35(50)12-9-32)34(25-48)27-57-20-21-59-39(29-57)30-65-45-22-33(10-15-44(45)59)47(60)56-68(63,64)41-13-14-43(46(24-41)67(61,62)49(51,52)53)55-36(31-66-40-6-4-3-5-7-40)17-19-58-28-37-23-38(58)26-54-37/h3-15,22,24,36-39,54-55H,16-21,23,25-31H2,1-2H3,(H,56,60)/t36-,37+,38+,39+/m1/s1. The van der Waals surface area contributed by atoms with Crippen molar-refractivity contribution in [2.75, 3.05) is 68.4 Å². The van der Waals surface area contributed by atoms with Crippen LogP contribution in [0.2, 0.25) is 5.02 Å². The number of nitrogens with zero attached hydrogens (tertiary/aromatic N) is 3. The van der Waals surface area contributed by atoms with Crippen LogP contribution in [0.25, 0.3) is 5.57 Å². The molecule has 364 valence electrons. The van der Waals surface area contributed by atoms with Crippen molar-refractivity contribution in [2.45, 2.75) is 90.3 Å². The number of nitrogens with one attached hydrogen (secondary N) is 3. The molecule has 4 aliphatic heterocycles. The minimum Gasteiger partial charge on any atom is -0.489 e. The molecule has 12 nitrogen and oxygen atoms in total. The van der Waals surface area contributed by atoms with Crippen LogP contribution in [0.15, 0.2) is 111 Å². The molecule has 19 heteroatoms. The first-order valence-corrected chi connectivity index (χ1v) is 27.3. The molecule has 2 bridgehead atoms. The number of carbonyl (C=O) groups excluding carboxylic acids is 1. The smallest absolute Gasteiger partial charge is 0.489 e. The first-order valence-electron chi connectivity index (χ1n) is 23.0.